The van der Waals surface area contributed by atoms with E-state index in [0.717, 1.165) is 31.9 Å². The van der Waals surface area contributed by atoms with E-state index in [4.69, 9.17) is 4.74 Å². The van der Waals surface area contributed by atoms with Crippen LogP contribution in [-0.2, 0) is 9.59 Å². The summed E-state index contributed by atoms with van der Waals surface area (Å²) < 4.78 is 8.53. The number of likely N-dealkylation sites (N-methyl/N-ethyl adjacent to an activating group) is 1. The van der Waals surface area contributed by atoms with Crippen LogP contribution in [0, 0.1) is 0 Å². The van der Waals surface area contributed by atoms with Crippen molar-refractivity contribution in [3.05, 3.63) is 70.7 Å². The SMILES string of the molecule is CN1C(=O)/C(=C/c2ccc(N3c4ccccc4Oc4ccccc43)[se]2)C(=O)N=C1[Te]. The number of benzene rings is 2. The molecule has 2 aliphatic heterocycles. The Bertz CT molecular complexity index is 1220. The van der Waals surface area contributed by atoms with Gasteiger partial charge in [0.15, 0.2) is 0 Å². The van der Waals surface area contributed by atoms with Crippen molar-refractivity contribution in [2.45, 2.75) is 0 Å². The van der Waals surface area contributed by atoms with Crippen molar-refractivity contribution in [3.8, 4) is 11.5 Å². The van der Waals surface area contributed by atoms with E-state index >= 15 is 0 Å². The third-order valence-corrected chi connectivity index (χ3v) is 7.98. The number of para-hydroxylation sites is 4. The Balaban J connectivity index is 1.57. The van der Waals surface area contributed by atoms with E-state index in [1.54, 1.807) is 35.4 Å². The van der Waals surface area contributed by atoms with Crippen LogP contribution < -0.4 is 9.64 Å². The van der Waals surface area contributed by atoms with Gasteiger partial charge in [-0.05, 0) is 0 Å². The number of nitrogens with zero attached hydrogens (tertiary/aromatic N) is 3. The molecule has 3 aromatic rings. The molecule has 3 heterocycles. The van der Waals surface area contributed by atoms with Crippen LogP contribution in [0.25, 0.3) is 6.08 Å². The van der Waals surface area contributed by atoms with Gasteiger partial charge in [0, 0.05) is 0 Å². The molecule has 0 spiro atoms. The molecule has 0 saturated carbocycles. The average Bonchev–Trinajstić information content (AvgIpc) is 3.21. The average molecular weight is 575 g/mol. The molecule has 2 aromatic carbocycles. The van der Waals surface area contributed by atoms with Crippen molar-refractivity contribution < 1.29 is 14.3 Å². The molecular weight excluding hydrogens is 561 g/mol. The van der Waals surface area contributed by atoms with Gasteiger partial charge in [-0.1, -0.05) is 0 Å². The Morgan fingerprint density at radius 2 is 1.60 bits per heavy atom. The fraction of sp³-hybridized carbons (Fsp3) is 0.0455. The van der Waals surface area contributed by atoms with Crippen LogP contribution in [0.4, 0.5) is 15.9 Å². The van der Waals surface area contributed by atoms with Gasteiger partial charge in [-0.3, -0.25) is 0 Å². The van der Waals surface area contributed by atoms with Gasteiger partial charge in [-0.25, -0.2) is 0 Å². The molecule has 0 saturated heterocycles. The molecule has 2 amide bonds. The van der Waals surface area contributed by atoms with E-state index in [1.165, 1.54) is 4.90 Å². The Hall–Kier alpha value is -2.62. The van der Waals surface area contributed by atoms with Crippen LogP contribution >= 0.6 is 0 Å². The van der Waals surface area contributed by atoms with Crippen LogP contribution in [-0.4, -0.2) is 64.4 Å². The van der Waals surface area contributed by atoms with Crippen LogP contribution in [0.2, 0.25) is 0 Å². The van der Waals surface area contributed by atoms with E-state index in [-0.39, 0.29) is 26.0 Å². The van der Waals surface area contributed by atoms with Crippen LogP contribution in [0.1, 0.15) is 4.44 Å². The fourth-order valence-corrected chi connectivity index (χ4v) is 5.85. The predicted octanol–water partition coefficient (Wildman–Crippen LogP) is 3.23. The first-order chi connectivity index (χ1) is 14.5. The number of hydrogen-bond acceptors (Lipinski definition) is 4. The minimum absolute atomic E-state index is 0.0967. The summed E-state index contributed by atoms with van der Waals surface area (Å²) in [5.41, 5.74) is 2.05. The Morgan fingerprint density at radius 3 is 2.27 bits per heavy atom. The Kier molecular flexibility index (Phi) is 4.88. The fourth-order valence-electron chi connectivity index (χ4n) is 3.33. The van der Waals surface area contributed by atoms with E-state index in [1.807, 2.05) is 60.7 Å². The maximum atomic E-state index is 12.5. The molecule has 0 bridgehead atoms. The summed E-state index contributed by atoms with van der Waals surface area (Å²) in [6, 6.07) is 19.8. The molecule has 1 radical (unpaired) electrons. The van der Waals surface area contributed by atoms with Crippen LogP contribution in [0.15, 0.2) is 71.2 Å². The van der Waals surface area contributed by atoms with Crippen molar-refractivity contribution in [2.75, 3.05) is 11.9 Å². The minimum atomic E-state index is -0.481. The third-order valence-electron chi connectivity index (χ3n) is 4.80. The zero-order valence-electron chi connectivity index (χ0n) is 15.7. The summed E-state index contributed by atoms with van der Waals surface area (Å²) in [4.78, 5) is 32.4. The monoisotopic (exact) mass is 578 g/mol. The quantitative estimate of drug-likeness (QED) is 0.210. The van der Waals surface area contributed by atoms with Gasteiger partial charge in [-0.2, -0.15) is 0 Å². The van der Waals surface area contributed by atoms with Gasteiger partial charge in [-0.15, -0.1) is 0 Å². The first-order valence-electron chi connectivity index (χ1n) is 9.08. The van der Waals surface area contributed by atoms with E-state index < -0.39 is 5.91 Å². The van der Waals surface area contributed by atoms with E-state index in [9.17, 15) is 9.59 Å². The molecule has 30 heavy (non-hydrogen) atoms. The molecule has 0 atom stereocenters. The van der Waals surface area contributed by atoms with Gasteiger partial charge in [0.1, 0.15) is 0 Å². The van der Waals surface area contributed by atoms with Crippen LogP contribution in [0.5, 0.6) is 11.5 Å². The topological polar surface area (TPSA) is 62.2 Å². The first-order valence-corrected chi connectivity index (χ1v) is 12.0. The number of rotatable bonds is 2. The second-order valence-electron chi connectivity index (χ2n) is 6.67. The van der Waals surface area contributed by atoms with Crippen molar-refractivity contribution in [1.29, 1.82) is 0 Å². The van der Waals surface area contributed by atoms with Crippen molar-refractivity contribution in [1.82, 2.24) is 4.90 Å². The zero-order valence-corrected chi connectivity index (χ0v) is 19.8. The molecule has 1 aromatic heterocycles. The second kappa shape index (κ2) is 7.57. The number of carbonyl (C=O) groups excluding carboxylic acids is 2. The summed E-state index contributed by atoms with van der Waals surface area (Å²) in [7, 11) is 1.63. The summed E-state index contributed by atoms with van der Waals surface area (Å²) in [5, 5.41) is 0. The Morgan fingerprint density at radius 1 is 0.967 bits per heavy atom. The Labute approximate surface area is 192 Å². The summed E-state index contributed by atoms with van der Waals surface area (Å²) in [6.45, 7) is 0. The molecule has 8 heteroatoms. The first kappa shape index (κ1) is 19.3. The molecule has 0 unspecified atom stereocenters. The van der Waals surface area contributed by atoms with Gasteiger partial charge in [0.2, 0.25) is 0 Å². The number of amides is 2. The molecule has 2 aliphatic rings. The maximum absolute atomic E-state index is 12.5. The third kappa shape index (κ3) is 3.23. The van der Waals surface area contributed by atoms with E-state index in [0.29, 0.717) is 3.88 Å². The second-order valence-corrected chi connectivity index (χ2v) is 10.0. The van der Waals surface area contributed by atoms with E-state index in [2.05, 4.69) is 9.89 Å². The number of ether oxygens (including phenoxy) is 1. The predicted molar refractivity (Wildman–Crippen MR) is 117 cm³/mol. The van der Waals surface area contributed by atoms with Crippen molar-refractivity contribution >= 4 is 74.5 Å². The van der Waals surface area contributed by atoms with Crippen LogP contribution in [0.3, 0.4) is 0 Å². The summed E-state index contributed by atoms with van der Waals surface area (Å²) in [6.07, 6.45) is 1.68. The number of anilines is 3. The number of amidine groups is 1. The number of fused-ring (bicyclic) bond motifs is 2. The van der Waals surface area contributed by atoms with Crippen molar-refractivity contribution in [2.24, 2.45) is 4.99 Å². The molecule has 5 rings (SSSR count). The molecule has 0 fully saturated rings. The molecular formula is C22H14N3O3SeTe. The van der Waals surface area contributed by atoms with Gasteiger partial charge in [0.25, 0.3) is 0 Å². The number of hydrogen-bond donors (Lipinski definition) is 0. The zero-order chi connectivity index (χ0) is 20.8. The van der Waals surface area contributed by atoms with Gasteiger partial charge < -0.3 is 0 Å². The number of carbonyl (C=O) groups is 2. The molecule has 147 valence electrons. The molecule has 0 N–H and O–H groups in total. The van der Waals surface area contributed by atoms with Gasteiger partial charge >= 0.3 is 193 Å². The normalized spacial score (nSPS) is 16.8. The number of aliphatic imine (C=N–C) groups is 1. The standard InChI is InChI=1S/C22H14N3O3SeTe/c1-24-21(27)14(20(26)23-22(24)30)12-13-10-11-19(29-13)25-15-6-2-4-8-17(15)28-18-9-5-3-7-16(18)25/h2-12H,1H3/b14-12+. The van der Waals surface area contributed by atoms with Gasteiger partial charge in [0.05, 0.1) is 0 Å². The summed E-state index contributed by atoms with van der Waals surface area (Å²) >= 11 is 1.48. The molecule has 0 aliphatic carbocycles. The molecule has 6 nitrogen and oxygen atoms in total. The summed E-state index contributed by atoms with van der Waals surface area (Å²) in [5.74, 6) is 0.793. The van der Waals surface area contributed by atoms with Crippen molar-refractivity contribution in [3.63, 3.8) is 0 Å².